The van der Waals surface area contributed by atoms with Gasteiger partial charge in [0.25, 0.3) is 0 Å². The van der Waals surface area contributed by atoms with Crippen LogP contribution in [0.1, 0.15) is 0 Å². The second kappa shape index (κ2) is 5.29. The summed E-state index contributed by atoms with van der Waals surface area (Å²) >= 11 is 12.0. The van der Waals surface area contributed by atoms with Gasteiger partial charge in [-0.2, -0.15) is 9.97 Å². The molecule has 0 amide bonds. The predicted octanol–water partition coefficient (Wildman–Crippen LogP) is 3.15. The molecule has 0 saturated heterocycles. The van der Waals surface area contributed by atoms with Crippen LogP contribution in [0, 0.1) is 0 Å². The molecular weight excluding hydrogens is 273 g/mol. The van der Waals surface area contributed by atoms with Crippen LogP contribution in [-0.4, -0.2) is 17.0 Å². The van der Waals surface area contributed by atoms with E-state index in [4.69, 9.17) is 28.9 Å². The highest BCUT2D eigenvalue weighted by molar-refractivity contribution is 6.35. The Bertz CT molecular complexity index is 573. The Hall–Kier alpha value is -1.72. The van der Waals surface area contributed by atoms with Gasteiger partial charge in [-0.3, -0.25) is 0 Å². The van der Waals surface area contributed by atoms with Crippen LogP contribution in [-0.2, 0) is 0 Å². The van der Waals surface area contributed by atoms with Crippen molar-refractivity contribution in [3.8, 4) is 0 Å². The average Bonchev–Trinajstić information content (AvgIpc) is 2.33. The molecule has 0 atom stereocenters. The van der Waals surface area contributed by atoms with Gasteiger partial charge in [0.05, 0.1) is 10.7 Å². The third-order valence-electron chi connectivity index (χ3n) is 2.19. The van der Waals surface area contributed by atoms with Crippen molar-refractivity contribution in [1.82, 2.24) is 9.97 Å². The standard InChI is InChI=1S/C11H11Cl2N5/c1-15-9-5-10(18-11(14)17-9)16-8-4-6(12)2-3-7(8)13/h2-5H,1H3,(H4,14,15,16,17,18). The van der Waals surface area contributed by atoms with Gasteiger partial charge in [0, 0.05) is 18.1 Å². The maximum atomic E-state index is 6.05. The quantitative estimate of drug-likeness (QED) is 0.807. The van der Waals surface area contributed by atoms with Crippen LogP contribution in [0.3, 0.4) is 0 Å². The number of hydrogen-bond donors (Lipinski definition) is 3. The van der Waals surface area contributed by atoms with Crippen molar-refractivity contribution in [2.75, 3.05) is 23.4 Å². The van der Waals surface area contributed by atoms with Crippen LogP contribution < -0.4 is 16.4 Å². The summed E-state index contributed by atoms with van der Waals surface area (Å²) in [6, 6.07) is 6.84. The van der Waals surface area contributed by atoms with Crippen LogP contribution in [0.4, 0.5) is 23.3 Å². The zero-order valence-corrected chi connectivity index (χ0v) is 11.0. The monoisotopic (exact) mass is 283 g/mol. The first kappa shape index (κ1) is 12.7. The predicted molar refractivity (Wildman–Crippen MR) is 75.7 cm³/mol. The van der Waals surface area contributed by atoms with Gasteiger partial charge >= 0.3 is 0 Å². The zero-order valence-electron chi connectivity index (χ0n) is 9.54. The molecule has 7 heteroatoms. The van der Waals surface area contributed by atoms with Gasteiger partial charge in [-0.05, 0) is 18.2 Å². The lowest BCUT2D eigenvalue weighted by Crippen LogP contribution is -2.03. The number of rotatable bonds is 3. The van der Waals surface area contributed by atoms with E-state index < -0.39 is 0 Å². The van der Waals surface area contributed by atoms with Crippen molar-refractivity contribution in [2.24, 2.45) is 0 Å². The van der Waals surface area contributed by atoms with Crippen LogP contribution >= 0.6 is 23.2 Å². The topological polar surface area (TPSA) is 75.9 Å². The molecular formula is C11H11Cl2N5. The Morgan fingerprint density at radius 1 is 1.11 bits per heavy atom. The molecule has 2 rings (SSSR count). The Morgan fingerprint density at radius 3 is 2.56 bits per heavy atom. The molecule has 2 aromatic rings. The zero-order chi connectivity index (χ0) is 13.1. The van der Waals surface area contributed by atoms with Crippen LogP contribution in [0.5, 0.6) is 0 Å². The van der Waals surface area contributed by atoms with E-state index in [0.717, 1.165) is 0 Å². The molecule has 94 valence electrons. The minimum absolute atomic E-state index is 0.169. The number of nitrogen functional groups attached to an aromatic ring is 1. The molecule has 0 aliphatic rings. The fourth-order valence-electron chi connectivity index (χ4n) is 1.39. The number of hydrogen-bond acceptors (Lipinski definition) is 5. The van der Waals surface area contributed by atoms with Gasteiger partial charge in [0.15, 0.2) is 0 Å². The summed E-state index contributed by atoms with van der Waals surface area (Å²) < 4.78 is 0. The minimum Gasteiger partial charge on any atom is -0.373 e. The van der Waals surface area contributed by atoms with E-state index in [1.807, 2.05) is 0 Å². The summed E-state index contributed by atoms with van der Waals surface area (Å²) in [7, 11) is 1.75. The van der Waals surface area contributed by atoms with Gasteiger partial charge < -0.3 is 16.4 Å². The maximum absolute atomic E-state index is 6.05. The molecule has 0 spiro atoms. The molecule has 1 heterocycles. The smallest absolute Gasteiger partial charge is 0.223 e. The minimum atomic E-state index is 0.169. The first-order chi connectivity index (χ1) is 8.58. The summed E-state index contributed by atoms with van der Waals surface area (Å²) in [5.41, 5.74) is 6.25. The molecule has 0 radical (unpaired) electrons. The van der Waals surface area contributed by atoms with E-state index in [2.05, 4.69) is 20.6 Å². The highest BCUT2D eigenvalue weighted by Gasteiger charge is 2.05. The molecule has 1 aromatic carbocycles. The number of anilines is 4. The number of nitrogens with two attached hydrogens (primary N) is 1. The lowest BCUT2D eigenvalue weighted by molar-refractivity contribution is 1.17. The van der Waals surface area contributed by atoms with Crippen molar-refractivity contribution in [3.05, 3.63) is 34.3 Å². The highest BCUT2D eigenvalue weighted by Crippen LogP contribution is 2.28. The lowest BCUT2D eigenvalue weighted by Gasteiger charge is -2.09. The third kappa shape index (κ3) is 2.94. The number of halogens is 2. The Balaban J connectivity index is 2.33. The molecule has 0 aliphatic carbocycles. The van der Waals surface area contributed by atoms with Crippen molar-refractivity contribution in [3.63, 3.8) is 0 Å². The molecule has 0 aliphatic heterocycles. The fourth-order valence-corrected chi connectivity index (χ4v) is 1.73. The second-order valence-electron chi connectivity index (χ2n) is 3.50. The summed E-state index contributed by atoms with van der Waals surface area (Å²) in [5, 5.41) is 7.06. The van der Waals surface area contributed by atoms with Crippen LogP contribution in [0.25, 0.3) is 0 Å². The highest BCUT2D eigenvalue weighted by atomic mass is 35.5. The molecule has 0 bridgehead atoms. The number of benzene rings is 1. The van der Waals surface area contributed by atoms with E-state index in [0.29, 0.717) is 27.4 Å². The first-order valence-electron chi connectivity index (χ1n) is 5.13. The van der Waals surface area contributed by atoms with Gasteiger partial charge in [-0.15, -0.1) is 0 Å². The average molecular weight is 284 g/mol. The van der Waals surface area contributed by atoms with E-state index in [1.165, 1.54) is 0 Å². The van der Waals surface area contributed by atoms with Crippen molar-refractivity contribution in [1.29, 1.82) is 0 Å². The number of nitrogens with zero attached hydrogens (tertiary/aromatic N) is 2. The summed E-state index contributed by atoms with van der Waals surface area (Å²) in [6.07, 6.45) is 0. The van der Waals surface area contributed by atoms with Gasteiger partial charge in [-0.1, -0.05) is 23.2 Å². The van der Waals surface area contributed by atoms with E-state index >= 15 is 0 Å². The van der Waals surface area contributed by atoms with Gasteiger partial charge in [-0.25, -0.2) is 0 Å². The van der Waals surface area contributed by atoms with Crippen molar-refractivity contribution in [2.45, 2.75) is 0 Å². The van der Waals surface area contributed by atoms with Crippen LogP contribution in [0.15, 0.2) is 24.3 Å². The summed E-state index contributed by atoms with van der Waals surface area (Å²) in [5.74, 6) is 1.32. The van der Waals surface area contributed by atoms with E-state index in [-0.39, 0.29) is 5.95 Å². The normalized spacial score (nSPS) is 10.2. The molecule has 4 N–H and O–H groups in total. The molecule has 0 saturated carbocycles. The van der Waals surface area contributed by atoms with Crippen LogP contribution in [0.2, 0.25) is 10.0 Å². The van der Waals surface area contributed by atoms with Crippen molar-refractivity contribution >= 4 is 46.5 Å². The number of nitrogens with one attached hydrogen (secondary N) is 2. The number of aromatic nitrogens is 2. The molecule has 0 unspecified atom stereocenters. The van der Waals surface area contributed by atoms with E-state index in [9.17, 15) is 0 Å². The largest absolute Gasteiger partial charge is 0.373 e. The fraction of sp³-hybridized carbons (Fsp3) is 0.0909. The maximum Gasteiger partial charge on any atom is 0.223 e. The molecule has 18 heavy (non-hydrogen) atoms. The Labute approximate surface area is 114 Å². The van der Waals surface area contributed by atoms with Gasteiger partial charge in [0.1, 0.15) is 11.6 Å². The lowest BCUT2D eigenvalue weighted by atomic mass is 10.3. The molecule has 0 fully saturated rings. The summed E-state index contributed by atoms with van der Waals surface area (Å²) in [6.45, 7) is 0. The third-order valence-corrected chi connectivity index (χ3v) is 2.76. The molecule has 5 nitrogen and oxygen atoms in total. The summed E-state index contributed by atoms with van der Waals surface area (Å²) in [4.78, 5) is 8.05. The van der Waals surface area contributed by atoms with Gasteiger partial charge in [0.2, 0.25) is 5.95 Å². The first-order valence-corrected chi connectivity index (χ1v) is 5.88. The SMILES string of the molecule is CNc1cc(Nc2cc(Cl)ccc2Cl)nc(N)n1. The van der Waals surface area contributed by atoms with Crippen molar-refractivity contribution < 1.29 is 0 Å². The second-order valence-corrected chi connectivity index (χ2v) is 4.34. The molecule has 1 aromatic heterocycles. The Kier molecular flexibility index (Phi) is 3.74. The Morgan fingerprint density at radius 2 is 1.83 bits per heavy atom. The van der Waals surface area contributed by atoms with E-state index in [1.54, 1.807) is 31.3 Å².